The van der Waals surface area contributed by atoms with E-state index >= 15 is 0 Å². The number of piperidine rings is 1. The van der Waals surface area contributed by atoms with Crippen LogP contribution in [0.3, 0.4) is 0 Å². The topological polar surface area (TPSA) is 67.2 Å². The maximum Gasteiger partial charge on any atom is 0.211 e. The maximum absolute atomic E-state index is 11.5. The lowest BCUT2D eigenvalue weighted by Crippen LogP contribution is -2.42. The number of sulfonamides is 1. The summed E-state index contributed by atoms with van der Waals surface area (Å²) < 4.78 is 26.6. The highest BCUT2D eigenvalue weighted by molar-refractivity contribution is 7.88. The highest BCUT2D eigenvalue weighted by Gasteiger charge is 2.25. The number of hydrogen-bond acceptors (Lipinski definition) is 4. The Kier molecular flexibility index (Phi) is 5.56. The van der Waals surface area contributed by atoms with Crippen molar-refractivity contribution in [2.24, 2.45) is 5.92 Å². The van der Waals surface area contributed by atoms with Gasteiger partial charge in [0.15, 0.2) is 0 Å². The zero-order chi connectivity index (χ0) is 14.4. The second-order valence-corrected chi connectivity index (χ2v) is 7.44. The van der Waals surface area contributed by atoms with Gasteiger partial charge in [0.05, 0.1) is 6.26 Å². The van der Waals surface area contributed by atoms with Crippen molar-refractivity contribution >= 4 is 10.0 Å². The summed E-state index contributed by atoms with van der Waals surface area (Å²) >= 11 is 0. The number of rotatable bonds is 7. The molecule has 1 atom stereocenters. The monoisotopic (exact) mass is 300 g/mol. The van der Waals surface area contributed by atoms with Crippen molar-refractivity contribution in [3.05, 3.63) is 18.5 Å². The lowest BCUT2D eigenvalue weighted by molar-refractivity contribution is 0.261. The van der Waals surface area contributed by atoms with Crippen molar-refractivity contribution < 1.29 is 8.42 Å². The van der Waals surface area contributed by atoms with Crippen LogP contribution in [0.1, 0.15) is 19.3 Å². The largest absolute Gasteiger partial charge is 0.316 e. The predicted molar refractivity (Wildman–Crippen MR) is 78.9 cm³/mol. The summed E-state index contributed by atoms with van der Waals surface area (Å²) in [4.78, 5) is 0. The van der Waals surface area contributed by atoms with E-state index in [1.807, 2.05) is 16.9 Å². The van der Waals surface area contributed by atoms with Crippen LogP contribution in [-0.4, -0.2) is 54.9 Å². The predicted octanol–water partition coefficient (Wildman–Crippen LogP) is 0.534. The Bertz CT molecular complexity index is 486. The van der Waals surface area contributed by atoms with Crippen LogP contribution in [0.15, 0.2) is 18.5 Å². The molecule has 1 N–H and O–H groups in total. The summed E-state index contributed by atoms with van der Waals surface area (Å²) in [5.41, 5.74) is 0. The van der Waals surface area contributed by atoms with Gasteiger partial charge in [-0.2, -0.15) is 5.10 Å². The molecule has 0 amide bonds. The Morgan fingerprint density at radius 2 is 2.30 bits per heavy atom. The summed E-state index contributed by atoms with van der Waals surface area (Å²) in [6.45, 7) is 4.08. The standard InChI is InChI=1S/C13H24N4O2S/c1-20(18,19)17-10-2-5-13(12-17)11-14-6-3-8-16-9-4-7-15-16/h4,7,9,13-14H,2-3,5-6,8,10-12H2,1H3. The number of nitrogens with one attached hydrogen (secondary N) is 1. The quantitative estimate of drug-likeness (QED) is 0.746. The van der Waals surface area contributed by atoms with Crippen LogP contribution in [-0.2, 0) is 16.6 Å². The zero-order valence-corrected chi connectivity index (χ0v) is 12.8. The van der Waals surface area contributed by atoms with Gasteiger partial charge in [-0.3, -0.25) is 4.68 Å². The first kappa shape index (κ1) is 15.5. The van der Waals surface area contributed by atoms with E-state index in [-0.39, 0.29) is 0 Å². The zero-order valence-electron chi connectivity index (χ0n) is 12.0. The summed E-state index contributed by atoms with van der Waals surface area (Å²) in [5, 5.41) is 7.58. The van der Waals surface area contributed by atoms with Crippen molar-refractivity contribution in [3.8, 4) is 0 Å². The summed E-state index contributed by atoms with van der Waals surface area (Å²) in [5.74, 6) is 0.433. The molecule has 1 unspecified atom stereocenters. The first-order valence-electron chi connectivity index (χ1n) is 7.19. The lowest BCUT2D eigenvalue weighted by Gasteiger charge is -2.31. The summed E-state index contributed by atoms with van der Waals surface area (Å²) in [6.07, 6.45) is 8.16. The van der Waals surface area contributed by atoms with Crippen LogP contribution in [0, 0.1) is 5.92 Å². The third-order valence-electron chi connectivity index (χ3n) is 3.68. The Morgan fingerprint density at radius 3 is 3.00 bits per heavy atom. The fourth-order valence-electron chi connectivity index (χ4n) is 2.60. The Hall–Kier alpha value is -0.920. The van der Waals surface area contributed by atoms with Gasteiger partial charge >= 0.3 is 0 Å². The SMILES string of the molecule is CS(=O)(=O)N1CCCC(CNCCCn2cccn2)C1. The summed E-state index contributed by atoms with van der Waals surface area (Å²) in [6, 6.07) is 1.93. The van der Waals surface area contributed by atoms with Gasteiger partial charge < -0.3 is 5.32 Å². The molecule has 2 heterocycles. The van der Waals surface area contributed by atoms with Gasteiger partial charge in [-0.25, -0.2) is 12.7 Å². The first-order chi connectivity index (χ1) is 9.55. The Labute approximate surface area is 121 Å². The molecule has 1 aromatic heterocycles. The molecule has 0 radical (unpaired) electrons. The van der Waals surface area contributed by atoms with E-state index in [2.05, 4.69) is 10.4 Å². The van der Waals surface area contributed by atoms with Gasteiger partial charge in [0, 0.05) is 32.0 Å². The van der Waals surface area contributed by atoms with Crippen molar-refractivity contribution in [3.63, 3.8) is 0 Å². The van der Waals surface area contributed by atoms with E-state index in [0.717, 1.165) is 38.9 Å². The van der Waals surface area contributed by atoms with Crippen molar-refractivity contribution in [1.82, 2.24) is 19.4 Å². The van der Waals surface area contributed by atoms with Crippen molar-refractivity contribution in [2.45, 2.75) is 25.8 Å². The molecule has 1 aliphatic rings. The molecular weight excluding hydrogens is 276 g/mol. The first-order valence-corrected chi connectivity index (χ1v) is 9.04. The molecule has 0 bridgehead atoms. The molecule has 1 aliphatic heterocycles. The van der Waals surface area contributed by atoms with Crippen LogP contribution in [0.4, 0.5) is 0 Å². The van der Waals surface area contributed by atoms with Crippen LogP contribution in [0.25, 0.3) is 0 Å². The van der Waals surface area contributed by atoms with Gasteiger partial charge in [-0.05, 0) is 44.3 Å². The van der Waals surface area contributed by atoms with Crippen LogP contribution in [0.2, 0.25) is 0 Å². The highest BCUT2D eigenvalue weighted by Crippen LogP contribution is 2.17. The number of hydrogen-bond donors (Lipinski definition) is 1. The smallest absolute Gasteiger partial charge is 0.211 e. The van der Waals surface area contributed by atoms with E-state index < -0.39 is 10.0 Å². The fraction of sp³-hybridized carbons (Fsp3) is 0.769. The molecule has 1 fully saturated rings. The van der Waals surface area contributed by atoms with Gasteiger partial charge in [-0.15, -0.1) is 0 Å². The van der Waals surface area contributed by atoms with Crippen LogP contribution in [0.5, 0.6) is 0 Å². The molecule has 2 rings (SSSR count). The molecule has 6 nitrogen and oxygen atoms in total. The molecule has 7 heteroatoms. The molecule has 114 valence electrons. The average Bonchev–Trinajstić information content (AvgIpc) is 2.91. The van der Waals surface area contributed by atoms with Crippen molar-refractivity contribution in [1.29, 1.82) is 0 Å². The van der Waals surface area contributed by atoms with Crippen LogP contribution >= 0.6 is 0 Å². The molecule has 0 aliphatic carbocycles. The van der Waals surface area contributed by atoms with E-state index in [9.17, 15) is 8.42 Å². The Balaban J connectivity index is 1.61. The number of aromatic nitrogens is 2. The maximum atomic E-state index is 11.5. The van der Waals surface area contributed by atoms with Gasteiger partial charge in [0.25, 0.3) is 0 Å². The van der Waals surface area contributed by atoms with Gasteiger partial charge in [0.2, 0.25) is 10.0 Å². The third-order valence-corrected chi connectivity index (χ3v) is 4.95. The van der Waals surface area contributed by atoms with E-state index in [1.165, 1.54) is 6.26 Å². The summed E-state index contributed by atoms with van der Waals surface area (Å²) in [7, 11) is -3.03. The Morgan fingerprint density at radius 1 is 1.45 bits per heavy atom. The average molecular weight is 300 g/mol. The van der Waals surface area contributed by atoms with E-state index in [1.54, 1.807) is 10.5 Å². The highest BCUT2D eigenvalue weighted by atomic mass is 32.2. The molecular formula is C13H24N4O2S. The minimum atomic E-state index is -3.03. The third kappa shape index (κ3) is 4.88. The number of nitrogens with zero attached hydrogens (tertiary/aromatic N) is 3. The second kappa shape index (κ2) is 7.19. The van der Waals surface area contributed by atoms with E-state index in [4.69, 9.17) is 0 Å². The van der Waals surface area contributed by atoms with Gasteiger partial charge in [-0.1, -0.05) is 0 Å². The molecule has 20 heavy (non-hydrogen) atoms. The number of aryl methyl sites for hydroxylation is 1. The minimum Gasteiger partial charge on any atom is -0.316 e. The second-order valence-electron chi connectivity index (χ2n) is 5.46. The molecule has 1 aromatic rings. The molecule has 1 saturated heterocycles. The molecule has 0 saturated carbocycles. The van der Waals surface area contributed by atoms with E-state index in [0.29, 0.717) is 19.0 Å². The van der Waals surface area contributed by atoms with Crippen molar-refractivity contribution in [2.75, 3.05) is 32.4 Å². The normalized spacial score (nSPS) is 21.1. The lowest BCUT2D eigenvalue weighted by atomic mass is 10.00. The van der Waals surface area contributed by atoms with Crippen LogP contribution < -0.4 is 5.32 Å². The molecule has 0 spiro atoms. The van der Waals surface area contributed by atoms with Gasteiger partial charge in [0.1, 0.15) is 0 Å². The molecule has 0 aromatic carbocycles. The fourth-order valence-corrected chi connectivity index (χ4v) is 3.54. The minimum absolute atomic E-state index is 0.433.